The topological polar surface area (TPSA) is 22.1 Å². The van der Waals surface area contributed by atoms with Crippen LogP contribution in [0.2, 0.25) is 0 Å². The molecule has 0 aliphatic heterocycles. The molecule has 0 unspecified atom stereocenters. The highest BCUT2D eigenvalue weighted by atomic mass is 16.4. The van der Waals surface area contributed by atoms with Crippen molar-refractivity contribution in [3.8, 4) is 16.9 Å². The van der Waals surface area contributed by atoms with Gasteiger partial charge in [-0.1, -0.05) is 18.2 Å². The maximum absolute atomic E-state index is 5.28. The Bertz CT molecular complexity index is 417. The molecule has 0 saturated heterocycles. The minimum atomic E-state index is 0.888. The number of benzene rings is 1. The lowest BCUT2D eigenvalue weighted by molar-refractivity contribution is 0.618. The maximum Gasteiger partial charge on any atom is 0.322 e. The van der Waals surface area contributed by atoms with Crippen molar-refractivity contribution in [2.24, 2.45) is 0 Å². The molecular formula is C11H10BNO. The molecule has 1 heterocycles. The van der Waals surface area contributed by atoms with Crippen LogP contribution in [0.1, 0.15) is 0 Å². The summed E-state index contributed by atoms with van der Waals surface area (Å²) in [6, 6.07) is 11.9. The molecule has 3 heteroatoms. The van der Waals surface area contributed by atoms with Crippen LogP contribution in [-0.4, -0.2) is 13.0 Å². The molecule has 0 N–H and O–H groups in total. The number of pyridine rings is 1. The van der Waals surface area contributed by atoms with E-state index in [1.165, 1.54) is 0 Å². The number of nitrogens with zero attached hydrogens (tertiary/aromatic N) is 1. The van der Waals surface area contributed by atoms with Crippen LogP contribution in [0.15, 0.2) is 48.8 Å². The second kappa shape index (κ2) is 3.96. The van der Waals surface area contributed by atoms with Gasteiger partial charge in [-0.05, 0) is 23.8 Å². The molecular weight excluding hydrogens is 173 g/mol. The lowest BCUT2D eigenvalue weighted by Crippen LogP contribution is -1.88. The quantitative estimate of drug-likeness (QED) is 0.660. The first kappa shape index (κ1) is 8.82. The van der Waals surface area contributed by atoms with Crippen LogP contribution in [0.4, 0.5) is 0 Å². The smallest absolute Gasteiger partial charge is 0.322 e. The molecule has 0 radical (unpaired) electrons. The number of hydrogen-bond donors (Lipinski definition) is 0. The van der Waals surface area contributed by atoms with E-state index in [1.54, 1.807) is 20.4 Å². The van der Waals surface area contributed by atoms with Crippen LogP contribution in [0.5, 0.6) is 5.75 Å². The van der Waals surface area contributed by atoms with Gasteiger partial charge in [-0.2, -0.15) is 0 Å². The van der Waals surface area contributed by atoms with Gasteiger partial charge in [-0.15, -0.1) is 0 Å². The summed E-state index contributed by atoms with van der Waals surface area (Å²) in [5, 5.41) is 0. The van der Waals surface area contributed by atoms with E-state index in [4.69, 9.17) is 4.65 Å². The molecule has 2 nitrogen and oxygen atoms in total. The molecule has 68 valence electrons. The normalized spacial score (nSPS) is 9.71. The van der Waals surface area contributed by atoms with Gasteiger partial charge in [0, 0.05) is 18.0 Å². The summed E-state index contributed by atoms with van der Waals surface area (Å²) in [5.41, 5.74) is 2.22. The molecule has 2 rings (SSSR count). The van der Waals surface area contributed by atoms with E-state index in [0.29, 0.717) is 0 Å². The third-order valence-corrected chi connectivity index (χ3v) is 2.10. The monoisotopic (exact) mass is 183 g/mol. The molecule has 0 saturated carbocycles. The summed E-state index contributed by atoms with van der Waals surface area (Å²) >= 11 is 0. The highest BCUT2D eigenvalue weighted by Gasteiger charge is 2.02. The van der Waals surface area contributed by atoms with Gasteiger partial charge in [-0.3, -0.25) is 4.98 Å². The Morgan fingerprint density at radius 2 is 1.71 bits per heavy atom. The molecule has 0 aliphatic rings. The third-order valence-electron chi connectivity index (χ3n) is 2.10. The summed E-state index contributed by atoms with van der Waals surface area (Å²) in [5.74, 6) is 0.888. The minimum absolute atomic E-state index is 0.888. The van der Waals surface area contributed by atoms with Crippen molar-refractivity contribution in [3.63, 3.8) is 0 Å². The van der Waals surface area contributed by atoms with Crippen molar-refractivity contribution in [1.29, 1.82) is 0 Å². The third kappa shape index (κ3) is 1.62. The number of aromatic nitrogens is 1. The van der Waals surface area contributed by atoms with Crippen LogP contribution in [0.25, 0.3) is 11.1 Å². The first-order valence-electron chi connectivity index (χ1n) is 4.45. The van der Waals surface area contributed by atoms with E-state index in [2.05, 4.69) is 4.98 Å². The van der Waals surface area contributed by atoms with Crippen molar-refractivity contribution >= 4 is 8.05 Å². The van der Waals surface area contributed by atoms with Gasteiger partial charge in [0.15, 0.2) is 0 Å². The van der Waals surface area contributed by atoms with Crippen molar-refractivity contribution in [1.82, 2.24) is 4.98 Å². The number of rotatable bonds is 2. The predicted molar refractivity (Wildman–Crippen MR) is 58.8 cm³/mol. The average molecular weight is 183 g/mol. The van der Waals surface area contributed by atoms with E-state index in [9.17, 15) is 0 Å². The summed E-state index contributed by atoms with van der Waals surface area (Å²) in [4.78, 5) is 3.99. The highest BCUT2D eigenvalue weighted by molar-refractivity contribution is 6.00. The SMILES string of the molecule is BOc1ccccc1-c1ccncc1. The van der Waals surface area contributed by atoms with Crippen LogP contribution in [0.3, 0.4) is 0 Å². The lowest BCUT2D eigenvalue weighted by atomic mass is 10.1. The molecule has 1 aromatic heterocycles. The highest BCUT2D eigenvalue weighted by Crippen LogP contribution is 2.28. The Kier molecular flexibility index (Phi) is 2.50. The van der Waals surface area contributed by atoms with Crippen LogP contribution >= 0.6 is 0 Å². The first-order valence-corrected chi connectivity index (χ1v) is 4.45. The molecule has 14 heavy (non-hydrogen) atoms. The zero-order valence-corrected chi connectivity index (χ0v) is 7.97. The predicted octanol–water partition coefficient (Wildman–Crippen LogP) is 1.68. The van der Waals surface area contributed by atoms with Crippen LogP contribution < -0.4 is 4.65 Å². The molecule has 0 aliphatic carbocycles. The standard InChI is InChI=1S/C11H10BNO/c12-14-11-4-2-1-3-10(11)9-5-7-13-8-6-9/h1-8H,12H2. The van der Waals surface area contributed by atoms with Gasteiger partial charge in [0.05, 0.1) is 0 Å². The first-order chi connectivity index (χ1) is 6.92. The van der Waals surface area contributed by atoms with E-state index >= 15 is 0 Å². The van der Waals surface area contributed by atoms with Crippen molar-refractivity contribution in [2.45, 2.75) is 0 Å². The van der Waals surface area contributed by atoms with Crippen molar-refractivity contribution in [2.75, 3.05) is 0 Å². The Hall–Kier alpha value is -1.77. The number of hydrogen-bond acceptors (Lipinski definition) is 2. The molecule has 0 atom stereocenters. The fraction of sp³-hybridized carbons (Fsp3) is 0. The largest absolute Gasteiger partial charge is 0.567 e. The Morgan fingerprint density at radius 3 is 2.43 bits per heavy atom. The summed E-state index contributed by atoms with van der Waals surface area (Å²) in [7, 11) is 1.68. The zero-order valence-electron chi connectivity index (χ0n) is 7.97. The van der Waals surface area contributed by atoms with Gasteiger partial charge >= 0.3 is 8.05 Å². The van der Waals surface area contributed by atoms with E-state index in [-0.39, 0.29) is 0 Å². The average Bonchev–Trinajstić information content (AvgIpc) is 2.30. The van der Waals surface area contributed by atoms with E-state index < -0.39 is 0 Å². The van der Waals surface area contributed by atoms with Gasteiger partial charge in [0.2, 0.25) is 0 Å². The van der Waals surface area contributed by atoms with Gasteiger partial charge in [-0.25, -0.2) is 0 Å². The van der Waals surface area contributed by atoms with E-state index in [1.807, 2.05) is 36.4 Å². The fourth-order valence-electron chi connectivity index (χ4n) is 1.41. The molecule has 2 aromatic rings. The van der Waals surface area contributed by atoms with Gasteiger partial charge in [0.25, 0.3) is 0 Å². The lowest BCUT2D eigenvalue weighted by Gasteiger charge is -2.07. The van der Waals surface area contributed by atoms with Crippen LogP contribution in [0, 0.1) is 0 Å². The van der Waals surface area contributed by atoms with Crippen LogP contribution in [-0.2, 0) is 0 Å². The molecule has 0 bridgehead atoms. The molecule has 0 spiro atoms. The second-order valence-electron chi connectivity index (χ2n) is 2.94. The van der Waals surface area contributed by atoms with E-state index in [0.717, 1.165) is 16.9 Å². The Labute approximate surface area is 84.0 Å². The fourth-order valence-corrected chi connectivity index (χ4v) is 1.41. The Balaban J connectivity index is 2.51. The number of para-hydroxylation sites is 1. The van der Waals surface area contributed by atoms with Gasteiger partial charge in [0.1, 0.15) is 5.75 Å². The minimum Gasteiger partial charge on any atom is -0.567 e. The molecule has 0 fully saturated rings. The second-order valence-corrected chi connectivity index (χ2v) is 2.94. The van der Waals surface area contributed by atoms with Crippen molar-refractivity contribution in [3.05, 3.63) is 48.8 Å². The summed E-state index contributed by atoms with van der Waals surface area (Å²) in [6.45, 7) is 0. The maximum atomic E-state index is 5.28. The van der Waals surface area contributed by atoms with Crippen molar-refractivity contribution < 1.29 is 4.65 Å². The molecule has 1 aromatic carbocycles. The summed E-state index contributed by atoms with van der Waals surface area (Å²) in [6.07, 6.45) is 3.56. The molecule has 0 amide bonds. The Morgan fingerprint density at radius 1 is 1.00 bits per heavy atom. The van der Waals surface area contributed by atoms with Gasteiger partial charge < -0.3 is 4.65 Å². The summed E-state index contributed by atoms with van der Waals surface area (Å²) < 4.78 is 5.28. The zero-order chi connectivity index (χ0) is 9.80.